The largest absolute Gasteiger partial charge is 0.483 e. The van der Waals surface area contributed by atoms with Crippen LogP contribution in [0.1, 0.15) is 26.7 Å². The summed E-state index contributed by atoms with van der Waals surface area (Å²) in [5.74, 6) is 0.147. The van der Waals surface area contributed by atoms with Crippen molar-refractivity contribution in [3.05, 3.63) is 22.7 Å². The molecule has 21 heavy (non-hydrogen) atoms. The summed E-state index contributed by atoms with van der Waals surface area (Å²) in [6.45, 7) is 3.83. The fourth-order valence-electron chi connectivity index (χ4n) is 1.72. The Morgan fingerprint density at radius 2 is 2.14 bits per heavy atom. The highest BCUT2D eigenvalue weighted by Crippen LogP contribution is 2.29. The summed E-state index contributed by atoms with van der Waals surface area (Å²) >= 11 is 3.19. The zero-order valence-electron chi connectivity index (χ0n) is 11.7. The van der Waals surface area contributed by atoms with E-state index in [1.807, 2.05) is 13.8 Å². The van der Waals surface area contributed by atoms with Gasteiger partial charge in [0.15, 0.2) is 6.61 Å². The molecule has 0 fully saturated rings. The summed E-state index contributed by atoms with van der Waals surface area (Å²) < 4.78 is 28.1. The lowest BCUT2D eigenvalue weighted by Crippen LogP contribution is -2.35. The predicted molar refractivity (Wildman–Crippen MR) is 85.2 cm³/mol. The minimum atomic E-state index is -3.79. The van der Waals surface area contributed by atoms with E-state index in [1.165, 1.54) is 18.2 Å². The van der Waals surface area contributed by atoms with E-state index in [4.69, 9.17) is 15.4 Å². The van der Waals surface area contributed by atoms with Crippen molar-refractivity contribution in [1.82, 2.24) is 5.32 Å². The molecule has 1 aromatic rings. The lowest BCUT2D eigenvalue weighted by molar-refractivity contribution is -0.123. The van der Waals surface area contributed by atoms with E-state index >= 15 is 0 Å². The number of amides is 1. The Hall–Kier alpha value is -0.790. The number of carbonyl (C=O) groups is 1. The maximum absolute atomic E-state index is 11.7. The molecule has 0 spiro atoms. The average Bonchev–Trinajstić information content (AvgIpc) is 2.36. The van der Waals surface area contributed by atoms with Crippen molar-refractivity contribution in [2.75, 3.05) is 6.61 Å². The van der Waals surface area contributed by atoms with E-state index < -0.39 is 9.05 Å². The van der Waals surface area contributed by atoms with Gasteiger partial charge >= 0.3 is 0 Å². The van der Waals surface area contributed by atoms with Crippen molar-refractivity contribution < 1.29 is 17.9 Å². The van der Waals surface area contributed by atoms with Gasteiger partial charge in [-0.3, -0.25) is 4.79 Å². The first-order valence-corrected chi connectivity index (χ1v) is 9.50. The lowest BCUT2D eigenvalue weighted by Gasteiger charge is -2.13. The Kier molecular flexibility index (Phi) is 6.96. The van der Waals surface area contributed by atoms with Crippen LogP contribution in [0, 0.1) is 0 Å². The Bertz CT molecular complexity index is 606. The monoisotopic (exact) mass is 397 g/mol. The number of ether oxygens (including phenoxy) is 1. The van der Waals surface area contributed by atoms with Crippen LogP contribution in [0.5, 0.6) is 5.75 Å². The SMILES string of the molecule is CCCC(C)NC(=O)COc1ccc(S(=O)(=O)Cl)cc1Br. The minimum absolute atomic E-state index is 0.0376. The molecule has 118 valence electrons. The molecular formula is C13H17BrClNO4S. The number of nitrogens with one attached hydrogen (secondary N) is 1. The van der Waals surface area contributed by atoms with Crippen molar-refractivity contribution >= 4 is 41.6 Å². The van der Waals surface area contributed by atoms with Gasteiger partial charge in [0, 0.05) is 16.7 Å². The van der Waals surface area contributed by atoms with E-state index in [-0.39, 0.29) is 23.5 Å². The molecule has 0 aromatic heterocycles. The van der Waals surface area contributed by atoms with Crippen LogP contribution in [-0.4, -0.2) is 27.0 Å². The summed E-state index contributed by atoms with van der Waals surface area (Å²) in [7, 11) is 1.46. The first-order valence-electron chi connectivity index (χ1n) is 6.40. The fourth-order valence-corrected chi connectivity index (χ4v) is 3.14. The Morgan fingerprint density at radius 1 is 1.48 bits per heavy atom. The molecule has 1 atom stereocenters. The third-order valence-electron chi connectivity index (χ3n) is 2.67. The third kappa shape index (κ3) is 6.23. The van der Waals surface area contributed by atoms with Crippen LogP contribution in [-0.2, 0) is 13.8 Å². The quantitative estimate of drug-likeness (QED) is 0.717. The Balaban J connectivity index is 2.62. The first-order chi connectivity index (χ1) is 9.74. The highest BCUT2D eigenvalue weighted by molar-refractivity contribution is 9.10. The van der Waals surface area contributed by atoms with Crippen LogP contribution in [0.3, 0.4) is 0 Å². The van der Waals surface area contributed by atoms with Crippen molar-refractivity contribution in [2.45, 2.75) is 37.6 Å². The number of benzene rings is 1. The van der Waals surface area contributed by atoms with Gasteiger partial charge in [-0.2, -0.15) is 0 Å². The minimum Gasteiger partial charge on any atom is -0.483 e. The van der Waals surface area contributed by atoms with Gasteiger partial charge in [-0.1, -0.05) is 13.3 Å². The van der Waals surface area contributed by atoms with Crippen LogP contribution >= 0.6 is 26.6 Å². The molecule has 1 rings (SSSR count). The molecule has 1 amide bonds. The molecule has 0 aliphatic carbocycles. The summed E-state index contributed by atoms with van der Waals surface area (Å²) in [6.07, 6.45) is 1.89. The van der Waals surface area contributed by atoms with Crippen molar-refractivity contribution in [2.24, 2.45) is 0 Å². The normalized spacial score (nSPS) is 12.8. The Morgan fingerprint density at radius 3 is 2.67 bits per heavy atom. The number of hydrogen-bond donors (Lipinski definition) is 1. The molecule has 0 radical (unpaired) electrons. The summed E-state index contributed by atoms with van der Waals surface area (Å²) in [5, 5.41) is 2.81. The third-order valence-corrected chi connectivity index (χ3v) is 4.64. The summed E-state index contributed by atoms with van der Waals surface area (Å²) in [5.41, 5.74) is 0. The zero-order valence-corrected chi connectivity index (χ0v) is 14.9. The summed E-state index contributed by atoms with van der Waals surface area (Å²) in [4.78, 5) is 11.6. The second-order valence-electron chi connectivity index (χ2n) is 4.58. The summed E-state index contributed by atoms with van der Waals surface area (Å²) in [6, 6.07) is 4.19. The standard InChI is InChI=1S/C13H17BrClNO4S/c1-3-4-9(2)16-13(17)8-20-12-6-5-10(7-11(12)14)21(15,18)19/h5-7,9H,3-4,8H2,1-2H3,(H,16,17). The maximum Gasteiger partial charge on any atom is 0.261 e. The van der Waals surface area contributed by atoms with Crippen LogP contribution in [0.4, 0.5) is 0 Å². The van der Waals surface area contributed by atoms with Crippen LogP contribution < -0.4 is 10.1 Å². The van der Waals surface area contributed by atoms with Gasteiger partial charge in [0.2, 0.25) is 0 Å². The molecule has 0 aliphatic heterocycles. The van der Waals surface area contributed by atoms with Gasteiger partial charge in [-0.15, -0.1) is 0 Å². The van der Waals surface area contributed by atoms with E-state index in [0.717, 1.165) is 12.8 Å². The predicted octanol–water partition coefficient (Wildman–Crippen LogP) is 3.06. The van der Waals surface area contributed by atoms with E-state index in [1.54, 1.807) is 0 Å². The van der Waals surface area contributed by atoms with E-state index in [0.29, 0.717) is 10.2 Å². The van der Waals surface area contributed by atoms with Crippen LogP contribution in [0.25, 0.3) is 0 Å². The highest BCUT2D eigenvalue weighted by Gasteiger charge is 2.14. The maximum atomic E-state index is 11.7. The van der Waals surface area contributed by atoms with Gasteiger partial charge in [0.05, 0.1) is 9.37 Å². The van der Waals surface area contributed by atoms with E-state index in [9.17, 15) is 13.2 Å². The van der Waals surface area contributed by atoms with Crippen molar-refractivity contribution in [1.29, 1.82) is 0 Å². The molecule has 0 saturated heterocycles. The molecule has 1 N–H and O–H groups in total. The van der Waals surface area contributed by atoms with Gasteiger partial charge in [0.25, 0.3) is 15.0 Å². The highest BCUT2D eigenvalue weighted by atomic mass is 79.9. The second kappa shape index (κ2) is 8.00. The molecule has 0 saturated carbocycles. The lowest BCUT2D eigenvalue weighted by atomic mass is 10.2. The molecule has 0 bridgehead atoms. The van der Waals surface area contributed by atoms with Gasteiger partial charge < -0.3 is 10.1 Å². The number of halogens is 2. The Labute approximate surface area is 137 Å². The fraction of sp³-hybridized carbons (Fsp3) is 0.462. The number of carbonyl (C=O) groups excluding carboxylic acids is 1. The molecule has 0 aliphatic rings. The van der Waals surface area contributed by atoms with Gasteiger partial charge in [-0.05, 0) is 47.5 Å². The van der Waals surface area contributed by atoms with E-state index in [2.05, 4.69) is 21.2 Å². The number of rotatable bonds is 7. The molecular weight excluding hydrogens is 382 g/mol. The molecule has 1 unspecified atom stereocenters. The van der Waals surface area contributed by atoms with Gasteiger partial charge in [-0.25, -0.2) is 8.42 Å². The van der Waals surface area contributed by atoms with Gasteiger partial charge in [0.1, 0.15) is 5.75 Å². The van der Waals surface area contributed by atoms with Crippen LogP contribution in [0.2, 0.25) is 0 Å². The molecule has 5 nitrogen and oxygen atoms in total. The second-order valence-corrected chi connectivity index (χ2v) is 8.00. The first kappa shape index (κ1) is 18.3. The zero-order chi connectivity index (χ0) is 16.0. The molecule has 1 aromatic carbocycles. The number of hydrogen-bond acceptors (Lipinski definition) is 4. The molecule has 0 heterocycles. The topological polar surface area (TPSA) is 72.5 Å². The van der Waals surface area contributed by atoms with Crippen LogP contribution in [0.15, 0.2) is 27.6 Å². The van der Waals surface area contributed by atoms with Crippen molar-refractivity contribution in [3.63, 3.8) is 0 Å². The molecule has 8 heteroatoms. The average molecular weight is 399 g/mol. The van der Waals surface area contributed by atoms with Crippen molar-refractivity contribution in [3.8, 4) is 5.75 Å². The smallest absolute Gasteiger partial charge is 0.261 e.